The van der Waals surface area contributed by atoms with Gasteiger partial charge in [0.15, 0.2) is 0 Å². The van der Waals surface area contributed by atoms with Crippen molar-refractivity contribution in [3.63, 3.8) is 0 Å². The van der Waals surface area contributed by atoms with Crippen LogP contribution in [0.4, 0.5) is 0 Å². The summed E-state index contributed by atoms with van der Waals surface area (Å²) in [4.78, 5) is 24.4. The van der Waals surface area contributed by atoms with Crippen LogP contribution < -0.4 is 10.6 Å². The van der Waals surface area contributed by atoms with Gasteiger partial charge < -0.3 is 29.8 Å². The number of hydrogen-bond donors (Lipinski definition) is 4. The van der Waals surface area contributed by atoms with Crippen LogP contribution in [0.5, 0.6) is 0 Å². The highest BCUT2D eigenvalue weighted by Gasteiger charge is 2.42. The SMILES string of the molecule is O=C(NC1CC2CCC1O2)C(=O)N[C@@H](Cc1coc2ccccc12)B(O)O. The first-order valence-electron chi connectivity index (χ1n) is 9.09. The van der Waals surface area contributed by atoms with Gasteiger partial charge in [-0.25, -0.2) is 0 Å². The van der Waals surface area contributed by atoms with Crippen molar-refractivity contribution < 1.29 is 28.8 Å². The number of furan rings is 1. The van der Waals surface area contributed by atoms with Crippen LogP contribution in [0.25, 0.3) is 11.0 Å². The predicted molar refractivity (Wildman–Crippen MR) is 96.5 cm³/mol. The molecule has 142 valence electrons. The van der Waals surface area contributed by atoms with Gasteiger partial charge in [-0.05, 0) is 37.3 Å². The fraction of sp³-hybridized carbons (Fsp3) is 0.444. The molecule has 0 radical (unpaired) electrons. The molecule has 8 nitrogen and oxygen atoms in total. The van der Waals surface area contributed by atoms with E-state index in [0.29, 0.717) is 17.6 Å². The number of amides is 2. The molecule has 4 N–H and O–H groups in total. The molecule has 3 heterocycles. The molecule has 2 amide bonds. The zero-order valence-electron chi connectivity index (χ0n) is 14.6. The van der Waals surface area contributed by atoms with Crippen molar-refractivity contribution in [1.29, 1.82) is 0 Å². The average Bonchev–Trinajstić information content (AvgIpc) is 3.37. The van der Waals surface area contributed by atoms with Crippen LogP contribution in [-0.2, 0) is 20.7 Å². The number of ether oxygens (including phenoxy) is 1. The fourth-order valence-electron chi connectivity index (χ4n) is 3.92. The maximum Gasteiger partial charge on any atom is 0.475 e. The number of hydrogen-bond acceptors (Lipinski definition) is 6. The van der Waals surface area contributed by atoms with Crippen molar-refractivity contribution >= 4 is 29.9 Å². The van der Waals surface area contributed by atoms with Crippen molar-refractivity contribution in [2.75, 3.05) is 0 Å². The van der Waals surface area contributed by atoms with Crippen LogP contribution in [0.3, 0.4) is 0 Å². The van der Waals surface area contributed by atoms with Gasteiger partial charge in [0, 0.05) is 5.39 Å². The fourth-order valence-corrected chi connectivity index (χ4v) is 3.92. The zero-order valence-corrected chi connectivity index (χ0v) is 14.6. The van der Waals surface area contributed by atoms with Gasteiger partial charge in [-0.2, -0.15) is 0 Å². The minimum atomic E-state index is -1.82. The molecule has 2 fully saturated rings. The van der Waals surface area contributed by atoms with Crippen LogP contribution in [0.15, 0.2) is 34.9 Å². The minimum Gasteiger partial charge on any atom is -0.464 e. The van der Waals surface area contributed by atoms with Gasteiger partial charge in [-0.1, -0.05) is 18.2 Å². The molecule has 4 rings (SSSR count). The first-order valence-corrected chi connectivity index (χ1v) is 9.09. The smallest absolute Gasteiger partial charge is 0.464 e. The van der Waals surface area contributed by atoms with Gasteiger partial charge in [-0.3, -0.25) is 9.59 Å². The number of nitrogens with one attached hydrogen (secondary N) is 2. The van der Waals surface area contributed by atoms with Gasteiger partial charge in [0.1, 0.15) is 5.58 Å². The summed E-state index contributed by atoms with van der Waals surface area (Å²) < 4.78 is 11.1. The van der Waals surface area contributed by atoms with Crippen molar-refractivity contribution in [2.45, 2.75) is 49.9 Å². The lowest BCUT2D eigenvalue weighted by molar-refractivity contribution is -0.140. The van der Waals surface area contributed by atoms with E-state index in [2.05, 4.69) is 10.6 Å². The Morgan fingerprint density at radius 3 is 2.74 bits per heavy atom. The monoisotopic (exact) mass is 372 g/mol. The second kappa shape index (κ2) is 7.34. The first-order chi connectivity index (χ1) is 13.0. The van der Waals surface area contributed by atoms with E-state index in [1.54, 1.807) is 6.07 Å². The molecular weight excluding hydrogens is 351 g/mol. The quantitative estimate of drug-likeness (QED) is 0.430. The predicted octanol–water partition coefficient (Wildman–Crippen LogP) is -0.0918. The maximum atomic E-state index is 12.2. The summed E-state index contributed by atoms with van der Waals surface area (Å²) in [6.45, 7) is 0. The van der Waals surface area contributed by atoms with E-state index < -0.39 is 24.9 Å². The summed E-state index contributed by atoms with van der Waals surface area (Å²) in [6, 6.07) is 7.15. The van der Waals surface area contributed by atoms with Crippen molar-refractivity contribution in [1.82, 2.24) is 10.6 Å². The maximum absolute atomic E-state index is 12.2. The Labute approximate surface area is 156 Å². The van der Waals surface area contributed by atoms with E-state index in [0.717, 1.165) is 18.2 Å². The summed E-state index contributed by atoms with van der Waals surface area (Å²) in [5.41, 5.74) is 1.38. The number of fused-ring (bicyclic) bond motifs is 3. The second-order valence-electron chi connectivity index (χ2n) is 7.14. The average molecular weight is 372 g/mol. The Balaban J connectivity index is 1.39. The lowest BCUT2D eigenvalue weighted by Crippen LogP contribution is -2.54. The third-order valence-electron chi connectivity index (χ3n) is 5.31. The van der Waals surface area contributed by atoms with Crippen molar-refractivity contribution in [3.8, 4) is 0 Å². The number of carbonyl (C=O) groups excluding carboxylic acids is 2. The molecule has 0 saturated carbocycles. The Bertz CT molecular complexity index is 853. The molecule has 2 aliphatic rings. The largest absolute Gasteiger partial charge is 0.475 e. The molecule has 1 aromatic heterocycles. The van der Waals surface area contributed by atoms with Crippen LogP contribution >= 0.6 is 0 Å². The lowest BCUT2D eigenvalue weighted by atomic mass is 9.76. The number of rotatable bonds is 5. The number of para-hydroxylation sites is 1. The van der Waals surface area contributed by atoms with Gasteiger partial charge in [0.25, 0.3) is 0 Å². The normalized spacial score (nSPS) is 24.7. The molecular formula is C18H21BN2O6. The Hall–Kier alpha value is -2.36. The van der Waals surface area contributed by atoms with E-state index in [1.807, 2.05) is 18.2 Å². The summed E-state index contributed by atoms with van der Waals surface area (Å²) in [5, 5.41) is 25.2. The Morgan fingerprint density at radius 1 is 1.22 bits per heavy atom. The third-order valence-corrected chi connectivity index (χ3v) is 5.31. The van der Waals surface area contributed by atoms with Gasteiger partial charge in [0.05, 0.1) is 30.5 Å². The van der Waals surface area contributed by atoms with E-state index in [9.17, 15) is 19.6 Å². The molecule has 2 saturated heterocycles. The summed E-state index contributed by atoms with van der Waals surface area (Å²) in [7, 11) is -1.82. The van der Waals surface area contributed by atoms with Gasteiger partial charge >= 0.3 is 18.9 Å². The molecule has 1 aromatic carbocycles. The van der Waals surface area contributed by atoms with Crippen LogP contribution in [0.1, 0.15) is 24.8 Å². The summed E-state index contributed by atoms with van der Waals surface area (Å²) in [6.07, 6.45) is 4.32. The standard InChI is InChI=1S/C18H21BN2O6/c22-17(20-13-8-11-5-6-15(13)27-11)18(23)21-16(19(24)25)7-10-9-26-14-4-2-1-3-12(10)14/h1-4,9,11,13,15-16,24-25H,5-8H2,(H,20,22)(H,21,23)/t11?,13?,15?,16-/m0/s1. The molecule has 4 atom stereocenters. The van der Waals surface area contributed by atoms with E-state index >= 15 is 0 Å². The number of carbonyl (C=O) groups is 2. The van der Waals surface area contributed by atoms with E-state index in [-0.39, 0.29) is 24.7 Å². The molecule has 2 aromatic rings. The van der Waals surface area contributed by atoms with E-state index in [1.165, 1.54) is 6.26 Å². The topological polar surface area (TPSA) is 121 Å². The zero-order chi connectivity index (χ0) is 19.0. The summed E-state index contributed by atoms with van der Waals surface area (Å²) >= 11 is 0. The second-order valence-corrected chi connectivity index (χ2v) is 7.14. The Kier molecular flexibility index (Phi) is 4.90. The van der Waals surface area contributed by atoms with Crippen molar-refractivity contribution in [2.24, 2.45) is 0 Å². The molecule has 3 unspecified atom stereocenters. The van der Waals surface area contributed by atoms with Gasteiger partial charge in [-0.15, -0.1) is 0 Å². The molecule has 9 heteroatoms. The molecule has 2 bridgehead atoms. The highest BCUT2D eigenvalue weighted by molar-refractivity contribution is 6.45. The molecule has 0 aliphatic carbocycles. The lowest BCUT2D eigenvalue weighted by Gasteiger charge is -2.21. The highest BCUT2D eigenvalue weighted by atomic mass is 16.5. The van der Waals surface area contributed by atoms with Crippen LogP contribution in [0, 0.1) is 0 Å². The van der Waals surface area contributed by atoms with E-state index in [4.69, 9.17) is 9.15 Å². The Morgan fingerprint density at radius 2 is 2.04 bits per heavy atom. The molecule has 0 spiro atoms. The van der Waals surface area contributed by atoms with Crippen LogP contribution in [-0.4, -0.2) is 53.2 Å². The van der Waals surface area contributed by atoms with Gasteiger partial charge in [0.2, 0.25) is 0 Å². The van der Waals surface area contributed by atoms with Crippen LogP contribution in [0.2, 0.25) is 0 Å². The summed E-state index contributed by atoms with van der Waals surface area (Å²) in [5.74, 6) is -2.73. The third kappa shape index (κ3) is 3.71. The molecule has 2 aliphatic heterocycles. The minimum absolute atomic E-state index is 0.0386. The first kappa shape index (κ1) is 18.0. The molecule has 27 heavy (non-hydrogen) atoms. The number of benzene rings is 1. The highest BCUT2D eigenvalue weighted by Crippen LogP contribution is 2.34. The van der Waals surface area contributed by atoms with Crippen molar-refractivity contribution in [3.05, 3.63) is 36.1 Å².